The van der Waals surface area contributed by atoms with Gasteiger partial charge in [-0.3, -0.25) is 9.59 Å². The summed E-state index contributed by atoms with van der Waals surface area (Å²) >= 11 is 2.78. The zero-order valence-electron chi connectivity index (χ0n) is 13.8. The van der Waals surface area contributed by atoms with E-state index in [0.717, 1.165) is 14.6 Å². The number of nitrogens with zero attached hydrogens (tertiary/aromatic N) is 2. The van der Waals surface area contributed by atoms with Crippen LogP contribution in [0.2, 0.25) is 0 Å². The highest BCUT2D eigenvalue weighted by Gasteiger charge is 2.18. The summed E-state index contributed by atoms with van der Waals surface area (Å²) in [6.45, 7) is 3.43. The number of anilines is 1. The number of aryl methyl sites for hydroxylation is 2. The number of aromatic nitrogens is 2. The molecule has 0 saturated heterocycles. The molecule has 9 heteroatoms. The fraction of sp³-hybridized carbons (Fsp3) is 0.250. The average molecular weight is 377 g/mol. The number of carbonyl (C=O) groups excluding carboxylic acids is 2. The van der Waals surface area contributed by atoms with Gasteiger partial charge < -0.3 is 14.6 Å². The average Bonchev–Trinajstić information content (AvgIpc) is 3.14. The first kappa shape index (κ1) is 17.4. The number of hydrogen-bond acceptors (Lipinski definition) is 8. The minimum absolute atomic E-state index is 0.214. The first-order valence-corrected chi connectivity index (χ1v) is 9.12. The number of esters is 1. The second-order valence-corrected chi connectivity index (χ2v) is 7.43. The minimum atomic E-state index is -0.295. The Morgan fingerprint density at radius 1 is 1.36 bits per heavy atom. The molecule has 130 valence electrons. The summed E-state index contributed by atoms with van der Waals surface area (Å²) in [5.74, 6) is 0.138. The van der Waals surface area contributed by atoms with Gasteiger partial charge in [0.1, 0.15) is 11.3 Å². The molecule has 1 N–H and O–H groups in total. The maximum absolute atomic E-state index is 12.4. The molecule has 0 unspecified atom stereocenters. The quantitative estimate of drug-likeness (QED) is 0.538. The summed E-state index contributed by atoms with van der Waals surface area (Å²) in [6.07, 6.45) is 0. The Labute approximate surface area is 151 Å². The summed E-state index contributed by atoms with van der Waals surface area (Å²) < 4.78 is 11.3. The molecule has 2 aromatic heterocycles. The Kier molecular flexibility index (Phi) is 5.05. The van der Waals surface area contributed by atoms with Crippen molar-refractivity contribution in [1.29, 1.82) is 0 Å². The number of rotatable bonds is 5. The van der Waals surface area contributed by atoms with Crippen molar-refractivity contribution >= 4 is 50.9 Å². The zero-order chi connectivity index (χ0) is 18.0. The zero-order valence-corrected chi connectivity index (χ0v) is 15.4. The van der Waals surface area contributed by atoms with Crippen LogP contribution in [0.15, 0.2) is 27.1 Å². The van der Waals surface area contributed by atoms with Gasteiger partial charge in [-0.2, -0.15) is 0 Å². The van der Waals surface area contributed by atoms with Gasteiger partial charge in [0.05, 0.1) is 28.8 Å². The molecular weight excluding hydrogens is 362 g/mol. The number of hydrogen-bond donors (Lipinski definition) is 1. The number of amides is 1. The van der Waals surface area contributed by atoms with Gasteiger partial charge in [-0.05, 0) is 32.0 Å². The third-order valence-corrected chi connectivity index (χ3v) is 5.56. The number of benzene rings is 1. The van der Waals surface area contributed by atoms with Crippen molar-refractivity contribution in [3.8, 4) is 0 Å². The van der Waals surface area contributed by atoms with Crippen molar-refractivity contribution < 1.29 is 18.8 Å². The van der Waals surface area contributed by atoms with E-state index in [-0.39, 0.29) is 17.6 Å². The predicted molar refractivity (Wildman–Crippen MR) is 96.3 cm³/mol. The van der Waals surface area contributed by atoms with Crippen LogP contribution >= 0.6 is 23.1 Å². The van der Waals surface area contributed by atoms with E-state index < -0.39 is 0 Å². The van der Waals surface area contributed by atoms with E-state index in [1.54, 1.807) is 19.9 Å². The second-order valence-electron chi connectivity index (χ2n) is 5.18. The number of thiazole rings is 1. The summed E-state index contributed by atoms with van der Waals surface area (Å²) in [7, 11) is 1.36. The van der Waals surface area contributed by atoms with Crippen molar-refractivity contribution in [3.05, 3.63) is 35.2 Å². The van der Waals surface area contributed by atoms with E-state index in [1.807, 2.05) is 12.1 Å². The number of methoxy groups -OCH3 is 1. The van der Waals surface area contributed by atoms with Crippen molar-refractivity contribution in [2.45, 2.75) is 18.2 Å². The summed E-state index contributed by atoms with van der Waals surface area (Å²) in [5, 5.41) is 6.64. The Bertz CT molecular complexity index is 929. The lowest BCUT2D eigenvalue weighted by molar-refractivity contribution is -0.137. The van der Waals surface area contributed by atoms with E-state index in [0.29, 0.717) is 22.7 Å². The van der Waals surface area contributed by atoms with Gasteiger partial charge in [0.15, 0.2) is 4.34 Å². The Morgan fingerprint density at radius 2 is 2.16 bits per heavy atom. The molecule has 25 heavy (non-hydrogen) atoms. The second kappa shape index (κ2) is 7.24. The van der Waals surface area contributed by atoms with Crippen LogP contribution in [0.1, 0.15) is 21.8 Å². The van der Waals surface area contributed by atoms with Crippen molar-refractivity contribution in [3.63, 3.8) is 0 Å². The van der Waals surface area contributed by atoms with Crippen LogP contribution in [0, 0.1) is 13.8 Å². The fourth-order valence-corrected chi connectivity index (χ4v) is 4.16. The summed E-state index contributed by atoms with van der Waals surface area (Å²) in [4.78, 5) is 28.1. The van der Waals surface area contributed by atoms with Gasteiger partial charge >= 0.3 is 5.97 Å². The lowest BCUT2D eigenvalue weighted by Crippen LogP contribution is -2.13. The molecule has 0 saturated carbocycles. The van der Waals surface area contributed by atoms with Gasteiger partial charge in [-0.25, -0.2) is 4.98 Å². The molecule has 1 aromatic carbocycles. The van der Waals surface area contributed by atoms with Gasteiger partial charge in [-0.15, -0.1) is 11.3 Å². The number of fused-ring (bicyclic) bond motifs is 1. The van der Waals surface area contributed by atoms with Gasteiger partial charge in [-0.1, -0.05) is 16.9 Å². The van der Waals surface area contributed by atoms with Gasteiger partial charge in [0.25, 0.3) is 5.91 Å². The van der Waals surface area contributed by atoms with Gasteiger partial charge in [0.2, 0.25) is 0 Å². The van der Waals surface area contributed by atoms with Crippen molar-refractivity contribution in [2.75, 3.05) is 18.2 Å². The fourth-order valence-electron chi connectivity index (χ4n) is 2.22. The highest BCUT2D eigenvalue weighted by molar-refractivity contribution is 8.01. The number of nitrogens with one attached hydrogen (secondary N) is 1. The molecule has 0 spiro atoms. The highest BCUT2D eigenvalue weighted by Crippen LogP contribution is 2.31. The first-order valence-electron chi connectivity index (χ1n) is 7.32. The molecule has 0 aliphatic rings. The number of thioether (sulfide) groups is 1. The molecule has 7 nitrogen and oxygen atoms in total. The van der Waals surface area contributed by atoms with Crippen LogP contribution in [-0.4, -0.2) is 34.9 Å². The van der Waals surface area contributed by atoms with E-state index in [9.17, 15) is 9.59 Å². The Hall–Kier alpha value is -2.39. The van der Waals surface area contributed by atoms with Crippen molar-refractivity contribution in [1.82, 2.24) is 10.1 Å². The highest BCUT2D eigenvalue weighted by atomic mass is 32.2. The topological polar surface area (TPSA) is 94.3 Å². The first-order chi connectivity index (χ1) is 12.0. The number of carbonyl (C=O) groups is 2. The number of ether oxygens (including phenoxy) is 1. The van der Waals surface area contributed by atoms with E-state index >= 15 is 0 Å². The molecular formula is C16H15N3O4S2. The van der Waals surface area contributed by atoms with Crippen LogP contribution in [0.25, 0.3) is 10.2 Å². The third kappa shape index (κ3) is 3.83. The van der Waals surface area contributed by atoms with Crippen LogP contribution in [0.4, 0.5) is 5.69 Å². The standard InChI is InChI=1S/C16H15N3O4S2/c1-8-14(9(2)23-19-8)15(21)17-10-4-5-11-12(6-10)25-16(18-11)24-7-13(20)22-3/h4-6H,7H2,1-3H3,(H,17,21). The molecule has 0 bridgehead atoms. The van der Waals surface area contributed by atoms with Crippen LogP contribution in [-0.2, 0) is 9.53 Å². The van der Waals surface area contributed by atoms with E-state index in [1.165, 1.54) is 30.2 Å². The molecule has 3 rings (SSSR count). The SMILES string of the molecule is COC(=O)CSc1nc2ccc(NC(=O)c3c(C)noc3C)cc2s1. The van der Waals surface area contributed by atoms with Crippen LogP contribution in [0.3, 0.4) is 0 Å². The maximum Gasteiger partial charge on any atom is 0.316 e. The molecule has 2 heterocycles. The molecule has 1 amide bonds. The summed E-state index contributed by atoms with van der Waals surface area (Å²) in [6, 6.07) is 5.47. The lowest BCUT2D eigenvalue weighted by Gasteiger charge is -2.04. The minimum Gasteiger partial charge on any atom is -0.468 e. The Balaban J connectivity index is 1.77. The van der Waals surface area contributed by atoms with E-state index in [2.05, 4.69) is 20.2 Å². The predicted octanol–water partition coefficient (Wildman–Crippen LogP) is 3.42. The van der Waals surface area contributed by atoms with E-state index in [4.69, 9.17) is 4.52 Å². The van der Waals surface area contributed by atoms with Gasteiger partial charge in [0, 0.05) is 5.69 Å². The molecule has 0 aliphatic heterocycles. The molecule has 0 fully saturated rings. The molecule has 0 atom stereocenters. The molecule has 0 radical (unpaired) electrons. The van der Waals surface area contributed by atoms with Crippen LogP contribution < -0.4 is 5.32 Å². The molecule has 0 aliphatic carbocycles. The summed E-state index contributed by atoms with van der Waals surface area (Å²) in [5.41, 5.74) is 2.47. The lowest BCUT2D eigenvalue weighted by atomic mass is 10.2. The Morgan fingerprint density at radius 3 is 2.84 bits per heavy atom. The van der Waals surface area contributed by atoms with Crippen LogP contribution in [0.5, 0.6) is 0 Å². The third-order valence-electron chi connectivity index (χ3n) is 3.43. The normalized spacial score (nSPS) is 10.8. The molecule has 3 aromatic rings. The largest absolute Gasteiger partial charge is 0.468 e. The maximum atomic E-state index is 12.4. The smallest absolute Gasteiger partial charge is 0.316 e. The van der Waals surface area contributed by atoms with Crippen molar-refractivity contribution in [2.24, 2.45) is 0 Å². The monoisotopic (exact) mass is 377 g/mol.